The highest BCUT2D eigenvalue weighted by Gasteiger charge is 2.07. The lowest BCUT2D eigenvalue weighted by molar-refractivity contribution is 0.565. The monoisotopic (exact) mass is 216 g/mol. The molecule has 88 valence electrons. The molecule has 0 aromatic carbocycles. The van der Waals surface area contributed by atoms with Crippen molar-refractivity contribution in [3.05, 3.63) is 48.6 Å². The summed E-state index contributed by atoms with van der Waals surface area (Å²) >= 11 is 0. The van der Waals surface area contributed by atoms with Crippen LogP contribution < -0.4 is 0 Å². The van der Waals surface area contributed by atoms with E-state index in [-0.39, 0.29) is 0 Å². The molecule has 0 heteroatoms. The summed E-state index contributed by atoms with van der Waals surface area (Å²) in [5.41, 5.74) is 1.50. The molecule has 0 amide bonds. The molecule has 0 nitrogen and oxygen atoms in total. The standard InChI is InChI=1S/C16H24/c1-4-5-7-11-16-12-9-6-8-10-14(2)15(3)13-16/h4,6,8-10,13-14,16H,1,5,7,11-12H2,2-3H3. The van der Waals surface area contributed by atoms with Gasteiger partial charge in [-0.3, -0.25) is 0 Å². The average Bonchev–Trinajstić information content (AvgIpc) is 2.33. The highest BCUT2D eigenvalue weighted by molar-refractivity contribution is 5.17. The minimum atomic E-state index is 0.574. The van der Waals surface area contributed by atoms with Crippen LogP contribution in [0.2, 0.25) is 0 Å². The SMILES string of the molecule is C=CCCCC1C=C(C)C(C)C=CC=CC1. The molecule has 1 rings (SSSR count). The van der Waals surface area contributed by atoms with Crippen LogP contribution in [-0.2, 0) is 0 Å². The quantitative estimate of drug-likeness (QED) is 0.455. The smallest absolute Gasteiger partial charge is 0.00512 e. The maximum absolute atomic E-state index is 3.78. The van der Waals surface area contributed by atoms with Gasteiger partial charge < -0.3 is 0 Å². The van der Waals surface area contributed by atoms with Crippen LogP contribution >= 0.6 is 0 Å². The van der Waals surface area contributed by atoms with E-state index in [2.05, 4.69) is 50.8 Å². The first-order valence-corrected chi connectivity index (χ1v) is 6.36. The molecule has 0 N–H and O–H groups in total. The summed E-state index contributed by atoms with van der Waals surface area (Å²) in [6, 6.07) is 0. The van der Waals surface area contributed by atoms with Crippen LogP contribution in [0.3, 0.4) is 0 Å². The fourth-order valence-electron chi connectivity index (χ4n) is 2.03. The molecule has 0 aliphatic heterocycles. The van der Waals surface area contributed by atoms with E-state index in [1.165, 1.54) is 24.8 Å². The largest absolute Gasteiger partial charge is 0.103 e. The first kappa shape index (κ1) is 13.0. The molecule has 0 saturated carbocycles. The van der Waals surface area contributed by atoms with E-state index < -0.39 is 0 Å². The normalized spacial score (nSPS) is 25.5. The van der Waals surface area contributed by atoms with Gasteiger partial charge in [0.2, 0.25) is 0 Å². The van der Waals surface area contributed by atoms with E-state index in [9.17, 15) is 0 Å². The van der Waals surface area contributed by atoms with Crippen LogP contribution in [0.25, 0.3) is 0 Å². The summed E-state index contributed by atoms with van der Waals surface area (Å²) in [5.74, 6) is 1.28. The van der Waals surface area contributed by atoms with Gasteiger partial charge in [-0.15, -0.1) is 6.58 Å². The molecular formula is C16H24. The number of rotatable bonds is 4. The third-order valence-corrected chi connectivity index (χ3v) is 3.29. The van der Waals surface area contributed by atoms with Crippen molar-refractivity contribution in [1.29, 1.82) is 0 Å². The number of hydrogen-bond acceptors (Lipinski definition) is 0. The molecule has 1 aliphatic carbocycles. The highest BCUT2D eigenvalue weighted by Crippen LogP contribution is 2.22. The fourth-order valence-corrected chi connectivity index (χ4v) is 2.03. The third kappa shape index (κ3) is 4.65. The minimum absolute atomic E-state index is 0.574. The Bertz CT molecular complexity index is 291. The minimum Gasteiger partial charge on any atom is -0.103 e. The number of allylic oxidation sites excluding steroid dienone is 7. The van der Waals surface area contributed by atoms with Gasteiger partial charge in [-0.2, -0.15) is 0 Å². The summed E-state index contributed by atoms with van der Waals surface area (Å²) in [6.45, 7) is 8.30. The molecule has 0 heterocycles. The van der Waals surface area contributed by atoms with Crippen LogP contribution in [0.1, 0.15) is 39.5 Å². The Morgan fingerprint density at radius 3 is 3.00 bits per heavy atom. The number of unbranched alkanes of at least 4 members (excludes halogenated alkanes) is 1. The first-order chi connectivity index (χ1) is 7.74. The maximum atomic E-state index is 3.78. The molecule has 0 saturated heterocycles. The van der Waals surface area contributed by atoms with Gasteiger partial charge in [0.05, 0.1) is 0 Å². The van der Waals surface area contributed by atoms with Gasteiger partial charge in [-0.1, -0.05) is 49.0 Å². The van der Waals surface area contributed by atoms with Crippen molar-refractivity contribution in [2.24, 2.45) is 11.8 Å². The lowest BCUT2D eigenvalue weighted by atomic mass is 9.92. The van der Waals surface area contributed by atoms with Crippen molar-refractivity contribution in [2.45, 2.75) is 39.5 Å². The molecule has 2 atom stereocenters. The van der Waals surface area contributed by atoms with Gasteiger partial charge in [0.25, 0.3) is 0 Å². The van der Waals surface area contributed by atoms with E-state index in [0.29, 0.717) is 11.8 Å². The second-order valence-electron chi connectivity index (χ2n) is 4.73. The van der Waals surface area contributed by atoms with Crippen LogP contribution in [0, 0.1) is 11.8 Å². The van der Waals surface area contributed by atoms with Gasteiger partial charge in [0.1, 0.15) is 0 Å². The topological polar surface area (TPSA) is 0 Å². The summed E-state index contributed by atoms with van der Waals surface area (Å²) < 4.78 is 0. The summed E-state index contributed by atoms with van der Waals surface area (Å²) in [7, 11) is 0. The lowest BCUT2D eigenvalue weighted by Gasteiger charge is -2.13. The van der Waals surface area contributed by atoms with Crippen LogP contribution in [0.4, 0.5) is 0 Å². The van der Waals surface area contributed by atoms with Gasteiger partial charge in [0, 0.05) is 0 Å². The molecule has 0 aromatic heterocycles. The summed E-state index contributed by atoms with van der Waals surface area (Å²) in [6.07, 6.45) is 18.3. The van der Waals surface area contributed by atoms with Crippen molar-refractivity contribution in [3.8, 4) is 0 Å². The number of hydrogen-bond donors (Lipinski definition) is 0. The van der Waals surface area contributed by atoms with Crippen LogP contribution in [0.15, 0.2) is 48.6 Å². The van der Waals surface area contributed by atoms with Crippen molar-refractivity contribution in [3.63, 3.8) is 0 Å². The fraction of sp³-hybridized carbons (Fsp3) is 0.500. The average molecular weight is 216 g/mol. The van der Waals surface area contributed by atoms with Crippen molar-refractivity contribution in [2.75, 3.05) is 0 Å². The Morgan fingerprint density at radius 2 is 2.25 bits per heavy atom. The molecule has 0 radical (unpaired) electrons. The van der Waals surface area contributed by atoms with Gasteiger partial charge in [-0.25, -0.2) is 0 Å². The van der Waals surface area contributed by atoms with Crippen LogP contribution in [-0.4, -0.2) is 0 Å². The van der Waals surface area contributed by atoms with E-state index in [0.717, 1.165) is 6.42 Å². The molecule has 0 fully saturated rings. The first-order valence-electron chi connectivity index (χ1n) is 6.36. The zero-order valence-corrected chi connectivity index (χ0v) is 10.7. The van der Waals surface area contributed by atoms with Gasteiger partial charge >= 0.3 is 0 Å². The predicted molar refractivity (Wildman–Crippen MR) is 73.4 cm³/mol. The molecule has 16 heavy (non-hydrogen) atoms. The van der Waals surface area contributed by atoms with E-state index in [1.54, 1.807) is 0 Å². The summed E-state index contributed by atoms with van der Waals surface area (Å²) in [5, 5.41) is 0. The Morgan fingerprint density at radius 1 is 1.44 bits per heavy atom. The Balaban J connectivity index is 2.61. The molecule has 0 spiro atoms. The molecule has 2 unspecified atom stereocenters. The highest BCUT2D eigenvalue weighted by atomic mass is 14.1. The Hall–Kier alpha value is -1.04. The zero-order valence-electron chi connectivity index (χ0n) is 10.7. The molecular weight excluding hydrogens is 192 g/mol. The molecule has 0 bridgehead atoms. The summed E-state index contributed by atoms with van der Waals surface area (Å²) in [4.78, 5) is 0. The Labute approximate surface area is 100 Å². The second-order valence-corrected chi connectivity index (χ2v) is 4.73. The van der Waals surface area contributed by atoms with E-state index in [1.807, 2.05) is 6.08 Å². The molecule has 0 aromatic rings. The Kier molecular flexibility index (Phi) is 5.92. The predicted octanol–water partition coefficient (Wildman–Crippen LogP) is 5.06. The van der Waals surface area contributed by atoms with Crippen molar-refractivity contribution >= 4 is 0 Å². The second kappa shape index (κ2) is 7.27. The van der Waals surface area contributed by atoms with Crippen molar-refractivity contribution < 1.29 is 0 Å². The lowest BCUT2D eigenvalue weighted by Crippen LogP contribution is -1.99. The van der Waals surface area contributed by atoms with E-state index in [4.69, 9.17) is 0 Å². The van der Waals surface area contributed by atoms with Gasteiger partial charge in [-0.05, 0) is 44.4 Å². The van der Waals surface area contributed by atoms with Crippen molar-refractivity contribution in [1.82, 2.24) is 0 Å². The molecule has 1 aliphatic rings. The third-order valence-electron chi connectivity index (χ3n) is 3.29. The van der Waals surface area contributed by atoms with Crippen LogP contribution in [0.5, 0.6) is 0 Å². The maximum Gasteiger partial charge on any atom is -0.00512 e. The van der Waals surface area contributed by atoms with Gasteiger partial charge in [0.15, 0.2) is 0 Å². The zero-order chi connectivity index (χ0) is 11.8. The van der Waals surface area contributed by atoms with E-state index >= 15 is 0 Å².